The summed E-state index contributed by atoms with van der Waals surface area (Å²) in [6.45, 7) is 0. The van der Waals surface area contributed by atoms with Crippen molar-refractivity contribution in [1.82, 2.24) is 15.0 Å². The van der Waals surface area contributed by atoms with E-state index >= 15 is 0 Å². The Bertz CT molecular complexity index is 616. The molecule has 0 saturated carbocycles. The molecule has 112 valence electrons. The Hall–Kier alpha value is -2.78. The molecule has 0 aliphatic heterocycles. The van der Waals surface area contributed by atoms with E-state index in [1.54, 1.807) is 7.05 Å². The summed E-state index contributed by atoms with van der Waals surface area (Å²) in [6, 6.07) is 5.11. The molecule has 2 rings (SSSR count). The number of rotatable bonds is 4. The quantitative estimate of drug-likeness (QED) is 0.795. The monoisotopic (exact) mass is 300 g/mol. The van der Waals surface area contributed by atoms with Gasteiger partial charge in [-0.1, -0.05) is 0 Å². The van der Waals surface area contributed by atoms with Crippen molar-refractivity contribution in [3.05, 3.63) is 24.3 Å². The van der Waals surface area contributed by atoms with Crippen molar-refractivity contribution in [3.63, 3.8) is 0 Å². The summed E-state index contributed by atoms with van der Waals surface area (Å²) in [5.74, 6) is 0.117. The van der Waals surface area contributed by atoms with E-state index in [1.165, 1.54) is 24.3 Å². The number of nitrogen functional groups attached to an aromatic ring is 1. The lowest BCUT2D eigenvalue weighted by Gasteiger charge is -2.10. The van der Waals surface area contributed by atoms with Crippen molar-refractivity contribution >= 4 is 23.5 Å². The Balaban J connectivity index is 2.11. The van der Waals surface area contributed by atoms with Crippen LogP contribution in [0.25, 0.3) is 0 Å². The number of alkyl halides is 3. The molecular weight excluding hydrogens is 289 g/mol. The third-order valence-electron chi connectivity index (χ3n) is 2.22. The standard InChI is InChI=1S/C11H11F3N6O/c1-16-9-18-8(15)19-10(20-9)17-6-2-4-7(5-3-6)21-11(12,13)14/h2-5H,1H3,(H4,15,16,17,18,19,20). The minimum atomic E-state index is -4.72. The third-order valence-corrected chi connectivity index (χ3v) is 2.22. The van der Waals surface area contributed by atoms with Crippen LogP contribution < -0.4 is 21.1 Å². The summed E-state index contributed by atoms with van der Waals surface area (Å²) in [4.78, 5) is 11.7. The molecule has 0 radical (unpaired) electrons. The maximum Gasteiger partial charge on any atom is 0.573 e. The Morgan fingerprint density at radius 1 is 1.05 bits per heavy atom. The number of aromatic nitrogens is 3. The maximum absolute atomic E-state index is 12.0. The third kappa shape index (κ3) is 4.37. The van der Waals surface area contributed by atoms with Crippen molar-refractivity contribution in [2.75, 3.05) is 23.4 Å². The Labute approximate surface area is 117 Å². The van der Waals surface area contributed by atoms with Crippen LogP contribution in [-0.4, -0.2) is 28.4 Å². The number of nitrogens with zero attached hydrogens (tertiary/aromatic N) is 3. The first-order chi connectivity index (χ1) is 9.85. The molecule has 10 heteroatoms. The van der Waals surface area contributed by atoms with E-state index in [9.17, 15) is 13.2 Å². The summed E-state index contributed by atoms with van der Waals surface area (Å²) in [7, 11) is 1.61. The zero-order valence-corrected chi connectivity index (χ0v) is 10.8. The molecule has 0 fully saturated rings. The molecule has 1 aromatic carbocycles. The van der Waals surface area contributed by atoms with E-state index in [0.29, 0.717) is 5.69 Å². The van der Waals surface area contributed by atoms with Gasteiger partial charge in [0.05, 0.1) is 0 Å². The second-order valence-electron chi connectivity index (χ2n) is 3.79. The topological polar surface area (TPSA) is 98.0 Å². The maximum atomic E-state index is 12.0. The molecule has 7 nitrogen and oxygen atoms in total. The number of halogens is 3. The van der Waals surface area contributed by atoms with Crippen LogP contribution in [-0.2, 0) is 0 Å². The van der Waals surface area contributed by atoms with Gasteiger partial charge in [0.2, 0.25) is 17.8 Å². The van der Waals surface area contributed by atoms with Crippen molar-refractivity contribution in [2.24, 2.45) is 0 Å². The van der Waals surface area contributed by atoms with Crippen LogP contribution in [0.5, 0.6) is 5.75 Å². The van der Waals surface area contributed by atoms with Gasteiger partial charge < -0.3 is 21.1 Å². The molecule has 2 aromatic rings. The highest BCUT2D eigenvalue weighted by Gasteiger charge is 2.30. The molecule has 21 heavy (non-hydrogen) atoms. The summed E-state index contributed by atoms with van der Waals surface area (Å²) in [5.41, 5.74) is 5.96. The molecular formula is C11H11F3N6O. The molecule has 0 atom stereocenters. The lowest BCUT2D eigenvalue weighted by molar-refractivity contribution is -0.274. The van der Waals surface area contributed by atoms with Crippen LogP contribution in [0, 0.1) is 0 Å². The zero-order chi connectivity index (χ0) is 15.5. The van der Waals surface area contributed by atoms with Gasteiger partial charge in [-0.2, -0.15) is 15.0 Å². The van der Waals surface area contributed by atoms with Crippen LogP contribution in [0.15, 0.2) is 24.3 Å². The van der Waals surface area contributed by atoms with Crippen molar-refractivity contribution in [2.45, 2.75) is 6.36 Å². The van der Waals surface area contributed by atoms with Crippen molar-refractivity contribution in [1.29, 1.82) is 0 Å². The lowest BCUT2D eigenvalue weighted by atomic mass is 10.3. The molecule has 0 bridgehead atoms. The van der Waals surface area contributed by atoms with E-state index in [2.05, 4.69) is 30.3 Å². The van der Waals surface area contributed by atoms with Gasteiger partial charge in [-0.05, 0) is 24.3 Å². The van der Waals surface area contributed by atoms with Crippen LogP contribution in [0.4, 0.5) is 36.7 Å². The predicted molar refractivity (Wildman–Crippen MR) is 70.2 cm³/mol. The normalized spacial score (nSPS) is 11.0. The average molecular weight is 300 g/mol. The molecule has 0 unspecified atom stereocenters. The van der Waals surface area contributed by atoms with E-state index in [4.69, 9.17) is 5.73 Å². The van der Waals surface area contributed by atoms with Gasteiger partial charge in [-0.25, -0.2) is 0 Å². The van der Waals surface area contributed by atoms with Gasteiger partial charge in [0.1, 0.15) is 5.75 Å². The van der Waals surface area contributed by atoms with Crippen molar-refractivity contribution < 1.29 is 17.9 Å². The predicted octanol–water partition coefficient (Wildman–Crippen LogP) is 2.14. The highest BCUT2D eigenvalue weighted by atomic mass is 19.4. The average Bonchev–Trinajstić information content (AvgIpc) is 2.38. The summed E-state index contributed by atoms with van der Waals surface area (Å²) >= 11 is 0. The van der Waals surface area contributed by atoms with Crippen LogP contribution in [0.1, 0.15) is 0 Å². The first-order valence-electron chi connectivity index (χ1n) is 5.68. The number of hydrogen-bond acceptors (Lipinski definition) is 7. The fourth-order valence-corrected chi connectivity index (χ4v) is 1.43. The number of hydrogen-bond donors (Lipinski definition) is 3. The number of benzene rings is 1. The van der Waals surface area contributed by atoms with Gasteiger partial charge >= 0.3 is 6.36 Å². The molecule has 1 heterocycles. The zero-order valence-electron chi connectivity index (χ0n) is 10.8. The first kappa shape index (κ1) is 14.6. The number of nitrogens with two attached hydrogens (primary N) is 1. The smallest absolute Gasteiger partial charge is 0.406 e. The van der Waals surface area contributed by atoms with E-state index in [0.717, 1.165) is 0 Å². The van der Waals surface area contributed by atoms with E-state index in [1.807, 2.05) is 0 Å². The first-order valence-corrected chi connectivity index (χ1v) is 5.68. The van der Waals surface area contributed by atoms with Gasteiger partial charge in [-0.15, -0.1) is 13.2 Å². The SMILES string of the molecule is CNc1nc(N)nc(Nc2ccc(OC(F)(F)F)cc2)n1. The van der Waals surface area contributed by atoms with Crippen LogP contribution in [0.2, 0.25) is 0 Å². The largest absolute Gasteiger partial charge is 0.573 e. The Morgan fingerprint density at radius 3 is 2.24 bits per heavy atom. The van der Waals surface area contributed by atoms with Gasteiger partial charge in [0.15, 0.2) is 0 Å². The minimum Gasteiger partial charge on any atom is -0.406 e. The molecule has 0 aliphatic rings. The lowest BCUT2D eigenvalue weighted by Crippen LogP contribution is -2.17. The van der Waals surface area contributed by atoms with Crippen molar-refractivity contribution in [3.8, 4) is 5.75 Å². The number of anilines is 4. The fraction of sp³-hybridized carbons (Fsp3) is 0.182. The highest BCUT2D eigenvalue weighted by Crippen LogP contribution is 2.24. The van der Waals surface area contributed by atoms with E-state index < -0.39 is 6.36 Å². The second kappa shape index (κ2) is 5.69. The second-order valence-corrected chi connectivity index (χ2v) is 3.79. The summed E-state index contributed by atoms with van der Waals surface area (Å²) in [6.07, 6.45) is -4.72. The summed E-state index contributed by atoms with van der Waals surface area (Å²) < 4.78 is 39.9. The Kier molecular flexibility index (Phi) is 3.96. The van der Waals surface area contributed by atoms with E-state index in [-0.39, 0.29) is 23.6 Å². The van der Waals surface area contributed by atoms with Gasteiger partial charge in [0, 0.05) is 12.7 Å². The molecule has 1 aromatic heterocycles. The fourth-order valence-electron chi connectivity index (χ4n) is 1.43. The number of nitrogens with one attached hydrogen (secondary N) is 2. The molecule has 0 amide bonds. The minimum absolute atomic E-state index is 0.00822. The molecule has 0 aliphatic carbocycles. The molecule has 0 saturated heterocycles. The molecule has 0 spiro atoms. The van der Waals surface area contributed by atoms with Gasteiger partial charge in [-0.3, -0.25) is 0 Å². The summed E-state index contributed by atoms with van der Waals surface area (Å²) in [5, 5.41) is 5.49. The highest BCUT2D eigenvalue weighted by molar-refractivity contribution is 5.56. The number of ether oxygens (including phenoxy) is 1. The molecule has 4 N–H and O–H groups in total. The van der Waals surface area contributed by atoms with Gasteiger partial charge in [0.25, 0.3) is 0 Å². The van der Waals surface area contributed by atoms with Crippen LogP contribution in [0.3, 0.4) is 0 Å². The van der Waals surface area contributed by atoms with Crippen LogP contribution >= 0.6 is 0 Å². The Morgan fingerprint density at radius 2 is 1.67 bits per heavy atom.